The van der Waals surface area contributed by atoms with E-state index in [9.17, 15) is 4.79 Å². The molecule has 1 N–H and O–H groups in total. The number of anilines is 2. The number of rotatable bonds is 7. The Kier molecular flexibility index (Phi) is 6.52. The summed E-state index contributed by atoms with van der Waals surface area (Å²) >= 11 is 0. The van der Waals surface area contributed by atoms with Crippen molar-refractivity contribution in [3.63, 3.8) is 0 Å². The summed E-state index contributed by atoms with van der Waals surface area (Å²) in [5, 5.41) is 3.29. The van der Waals surface area contributed by atoms with Crippen LogP contribution in [0.5, 0.6) is 0 Å². The van der Waals surface area contributed by atoms with Gasteiger partial charge in [0.05, 0.1) is 31.1 Å². The van der Waals surface area contributed by atoms with E-state index in [0.717, 1.165) is 57.1 Å². The molecule has 0 aromatic heterocycles. The lowest BCUT2D eigenvalue weighted by Gasteiger charge is -2.30. The molecule has 22 heavy (non-hydrogen) atoms. The van der Waals surface area contributed by atoms with Crippen LogP contribution in [0.4, 0.5) is 11.4 Å². The maximum Gasteiger partial charge on any atom is 0.241 e. The lowest BCUT2D eigenvalue weighted by atomic mass is 10.2. The van der Waals surface area contributed by atoms with Gasteiger partial charge < -0.3 is 19.9 Å². The minimum Gasteiger partial charge on any atom is -0.378 e. The Morgan fingerprint density at radius 1 is 1.32 bits per heavy atom. The molecule has 0 atom stereocenters. The van der Waals surface area contributed by atoms with E-state index >= 15 is 0 Å². The van der Waals surface area contributed by atoms with Crippen LogP contribution in [0.1, 0.15) is 19.8 Å². The van der Waals surface area contributed by atoms with Gasteiger partial charge in [0.15, 0.2) is 0 Å². The molecule has 5 heteroatoms. The number of hydrogen-bond donors (Lipinski definition) is 1. The number of unbranched alkanes of at least 4 members (excludes halogenated alkanes) is 1. The maximum atomic E-state index is 12.1. The Bertz CT molecular complexity index is 473. The minimum absolute atomic E-state index is 0.130. The van der Waals surface area contributed by atoms with Gasteiger partial charge in [-0.2, -0.15) is 0 Å². The van der Waals surface area contributed by atoms with E-state index in [-0.39, 0.29) is 5.91 Å². The lowest BCUT2D eigenvalue weighted by molar-refractivity contribution is -0.128. The van der Waals surface area contributed by atoms with Crippen LogP contribution >= 0.6 is 0 Å². The van der Waals surface area contributed by atoms with Crippen molar-refractivity contribution in [3.05, 3.63) is 24.3 Å². The molecule has 1 aromatic carbocycles. The lowest BCUT2D eigenvalue weighted by Crippen LogP contribution is -2.37. The van der Waals surface area contributed by atoms with Gasteiger partial charge in [-0.3, -0.25) is 4.79 Å². The van der Waals surface area contributed by atoms with Gasteiger partial charge in [0.25, 0.3) is 0 Å². The van der Waals surface area contributed by atoms with Gasteiger partial charge >= 0.3 is 0 Å². The van der Waals surface area contributed by atoms with E-state index in [4.69, 9.17) is 4.74 Å². The van der Waals surface area contributed by atoms with Gasteiger partial charge in [0, 0.05) is 26.7 Å². The van der Waals surface area contributed by atoms with E-state index in [1.165, 1.54) is 0 Å². The zero-order valence-corrected chi connectivity index (χ0v) is 13.7. The van der Waals surface area contributed by atoms with E-state index in [0.29, 0.717) is 6.54 Å². The number of morpholine rings is 1. The molecule has 0 saturated carbocycles. The molecule has 0 aliphatic carbocycles. The molecule has 0 spiro atoms. The van der Waals surface area contributed by atoms with Crippen molar-refractivity contribution < 1.29 is 9.53 Å². The largest absolute Gasteiger partial charge is 0.378 e. The molecular formula is C17H27N3O2. The molecule has 1 heterocycles. The van der Waals surface area contributed by atoms with Crippen LogP contribution in [0.3, 0.4) is 0 Å². The first kappa shape index (κ1) is 16.6. The van der Waals surface area contributed by atoms with Crippen molar-refractivity contribution in [1.29, 1.82) is 0 Å². The average Bonchev–Trinajstić information content (AvgIpc) is 2.58. The fraction of sp³-hybridized carbons (Fsp3) is 0.588. The SMILES string of the molecule is CCCCN(C)C(=O)CNc1ccccc1N1CCOCC1. The molecule has 1 saturated heterocycles. The van der Waals surface area contributed by atoms with Crippen molar-refractivity contribution in [2.75, 3.05) is 56.7 Å². The predicted molar refractivity (Wildman–Crippen MR) is 90.5 cm³/mol. The Balaban J connectivity index is 1.93. The number of likely N-dealkylation sites (N-methyl/N-ethyl adjacent to an activating group) is 1. The van der Waals surface area contributed by atoms with Crippen LogP contribution in [0.2, 0.25) is 0 Å². The minimum atomic E-state index is 0.130. The van der Waals surface area contributed by atoms with Gasteiger partial charge in [-0.25, -0.2) is 0 Å². The number of carbonyl (C=O) groups excluding carboxylic acids is 1. The number of ether oxygens (including phenoxy) is 1. The predicted octanol–water partition coefficient (Wildman–Crippen LogP) is 2.19. The Labute approximate surface area is 133 Å². The maximum absolute atomic E-state index is 12.1. The summed E-state index contributed by atoms with van der Waals surface area (Å²) in [5.41, 5.74) is 2.16. The summed E-state index contributed by atoms with van der Waals surface area (Å²) in [5.74, 6) is 0.130. The average molecular weight is 305 g/mol. The Morgan fingerprint density at radius 3 is 2.77 bits per heavy atom. The first-order valence-corrected chi connectivity index (χ1v) is 8.12. The van der Waals surface area contributed by atoms with E-state index in [1.54, 1.807) is 4.90 Å². The second-order valence-electron chi connectivity index (χ2n) is 5.64. The third kappa shape index (κ3) is 4.63. The first-order valence-electron chi connectivity index (χ1n) is 8.12. The third-order valence-corrected chi connectivity index (χ3v) is 3.96. The molecular weight excluding hydrogens is 278 g/mol. The highest BCUT2D eigenvalue weighted by atomic mass is 16.5. The third-order valence-electron chi connectivity index (χ3n) is 3.96. The Morgan fingerprint density at radius 2 is 2.05 bits per heavy atom. The van der Waals surface area contributed by atoms with Gasteiger partial charge in [-0.1, -0.05) is 25.5 Å². The number of para-hydroxylation sites is 2. The number of nitrogens with zero attached hydrogens (tertiary/aromatic N) is 2. The van der Waals surface area contributed by atoms with Crippen LogP contribution in [0.15, 0.2) is 24.3 Å². The van der Waals surface area contributed by atoms with E-state index in [2.05, 4.69) is 23.2 Å². The smallest absolute Gasteiger partial charge is 0.241 e. The highest BCUT2D eigenvalue weighted by Crippen LogP contribution is 2.26. The normalized spacial score (nSPS) is 14.7. The van der Waals surface area contributed by atoms with Gasteiger partial charge in [0.1, 0.15) is 0 Å². The second-order valence-corrected chi connectivity index (χ2v) is 5.64. The summed E-state index contributed by atoms with van der Waals surface area (Å²) in [6, 6.07) is 8.16. The summed E-state index contributed by atoms with van der Waals surface area (Å²) in [6.45, 7) is 6.59. The van der Waals surface area contributed by atoms with Crippen LogP contribution in [-0.4, -0.2) is 57.2 Å². The number of hydrogen-bond acceptors (Lipinski definition) is 4. The molecule has 5 nitrogen and oxygen atoms in total. The molecule has 0 unspecified atom stereocenters. The van der Waals surface area contributed by atoms with Crippen LogP contribution < -0.4 is 10.2 Å². The van der Waals surface area contributed by atoms with Crippen LogP contribution in [0, 0.1) is 0 Å². The van der Waals surface area contributed by atoms with Gasteiger partial charge in [-0.05, 0) is 18.6 Å². The highest BCUT2D eigenvalue weighted by Gasteiger charge is 2.15. The summed E-state index contributed by atoms with van der Waals surface area (Å²) in [6.07, 6.45) is 2.15. The number of benzene rings is 1. The van der Waals surface area contributed by atoms with Gasteiger partial charge in [-0.15, -0.1) is 0 Å². The number of amides is 1. The fourth-order valence-electron chi connectivity index (χ4n) is 2.53. The van der Waals surface area contributed by atoms with E-state index in [1.807, 2.05) is 25.2 Å². The van der Waals surface area contributed by atoms with Gasteiger partial charge in [0.2, 0.25) is 5.91 Å². The zero-order valence-electron chi connectivity index (χ0n) is 13.7. The molecule has 2 rings (SSSR count). The molecule has 1 aliphatic heterocycles. The van der Waals surface area contributed by atoms with E-state index < -0.39 is 0 Å². The van der Waals surface area contributed by atoms with Crippen LogP contribution in [0.25, 0.3) is 0 Å². The monoisotopic (exact) mass is 305 g/mol. The Hall–Kier alpha value is -1.75. The molecule has 0 bridgehead atoms. The van der Waals surface area contributed by atoms with Crippen molar-refractivity contribution in [3.8, 4) is 0 Å². The molecule has 1 aliphatic rings. The number of carbonyl (C=O) groups is 1. The van der Waals surface area contributed by atoms with Crippen molar-refractivity contribution in [1.82, 2.24) is 4.90 Å². The summed E-state index contributed by atoms with van der Waals surface area (Å²) < 4.78 is 5.41. The van der Waals surface area contributed by atoms with Crippen molar-refractivity contribution >= 4 is 17.3 Å². The molecule has 122 valence electrons. The van der Waals surface area contributed by atoms with Crippen molar-refractivity contribution in [2.24, 2.45) is 0 Å². The summed E-state index contributed by atoms with van der Waals surface area (Å²) in [4.78, 5) is 16.2. The highest BCUT2D eigenvalue weighted by molar-refractivity contribution is 5.82. The zero-order chi connectivity index (χ0) is 15.8. The quantitative estimate of drug-likeness (QED) is 0.839. The topological polar surface area (TPSA) is 44.8 Å². The molecule has 1 fully saturated rings. The second kappa shape index (κ2) is 8.63. The fourth-order valence-corrected chi connectivity index (χ4v) is 2.53. The molecule has 1 amide bonds. The molecule has 1 aromatic rings. The number of nitrogens with one attached hydrogen (secondary N) is 1. The van der Waals surface area contributed by atoms with Crippen LogP contribution in [-0.2, 0) is 9.53 Å². The standard InChI is InChI=1S/C17H27N3O2/c1-3-4-9-19(2)17(21)14-18-15-7-5-6-8-16(15)20-10-12-22-13-11-20/h5-8,18H,3-4,9-14H2,1-2H3. The van der Waals surface area contributed by atoms with Crippen molar-refractivity contribution in [2.45, 2.75) is 19.8 Å². The first-order chi connectivity index (χ1) is 10.7. The summed E-state index contributed by atoms with van der Waals surface area (Å²) in [7, 11) is 1.87. The molecule has 0 radical (unpaired) electrons.